The predicted octanol–water partition coefficient (Wildman–Crippen LogP) is 2.88. The predicted molar refractivity (Wildman–Crippen MR) is 65.8 cm³/mol. The normalized spacial score (nSPS) is 15.9. The minimum absolute atomic E-state index is 0.207. The van der Waals surface area contributed by atoms with Crippen molar-refractivity contribution in [3.8, 4) is 5.75 Å². The smallest absolute Gasteiger partial charge is 0.131 e. The first kappa shape index (κ1) is 11.8. The second-order valence-electron chi connectivity index (χ2n) is 4.21. The zero-order valence-corrected chi connectivity index (χ0v) is 10.4. The van der Waals surface area contributed by atoms with Crippen molar-refractivity contribution in [1.29, 1.82) is 0 Å². The Balaban J connectivity index is 2.02. The van der Waals surface area contributed by atoms with Crippen LogP contribution in [-0.2, 0) is 6.54 Å². The van der Waals surface area contributed by atoms with Crippen molar-refractivity contribution in [3.63, 3.8) is 0 Å². The van der Waals surface area contributed by atoms with Crippen molar-refractivity contribution in [1.82, 2.24) is 5.09 Å². The molecular formula is C12H17FNOP. The van der Waals surface area contributed by atoms with Gasteiger partial charge in [-0.25, -0.2) is 4.39 Å². The Labute approximate surface area is 97.8 Å². The van der Waals surface area contributed by atoms with Gasteiger partial charge >= 0.3 is 0 Å². The molecule has 1 saturated carbocycles. The van der Waals surface area contributed by atoms with Crippen LogP contribution in [0.25, 0.3) is 0 Å². The van der Waals surface area contributed by atoms with Gasteiger partial charge in [0.15, 0.2) is 0 Å². The van der Waals surface area contributed by atoms with Crippen LogP contribution in [-0.4, -0.2) is 6.61 Å². The number of ether oxygens (including phenoxy) is 1. The van der Waals surface area contributed by atoms with Crippen molar-refractivity contribution in [2.75, 3.05) is 6.61 Å². The summed E-state index contributed by atoms with van der Waals surface area (Å²) in [7, 11) is 2.38. The summed E-state index contributed by atoms with van der Waals surface area (Å²) in [5.41, 5.74) is 0.608. The van der Waals surface area contributed by atoms with Gasteiger partial charge in [0.05, 0.1) is 6.61 Å². The summed E-state index contributed by atoms with van der Waals surface area (Å²) < 4.78 is 19.2. The zero-order chi connectivity index (χ0) is 11.4. The van der Waals surface area contributed by atoms with E-state index in [1.54, 1.807) is 6.07 Å². The monoisotopic (exact) mass is 241 g/mol. The number of nitrogens with one attached hydrogen (secondary N) is 1. The average Bonchev–Trinajstić information content (AvgIpc) is 2.20. The molecule has 16 heavy (non-hydrogen) atoms. The molecule has 1 aliphatic rings. The fourth-order valence-corrected chi connectivity index (χ4v) is 2.02. The molecule has 2 rings (SSSR count). The van der Waals surface area contributed by atoms with Gasteiger partial charge in [0.25, 0.3) is 0 Å². The summed E-state index contributed by atoms with van der Waals surface area (Å²) in [6, 6.07) is 4.99. The number of rotatable bonds is 5. The Kier molecular flexibility index (Phi) is 4.14. The van der Waals surface area contributed by atoms with Crippen LogP contribution in [0.2, 0.25) is 0 Å². The standard InChI is InChI=1S/C12H17FNOP/c13-11-5-2-6-12(10(11)7-14-16)15-8-9-3-1-4-9/h2,5-6,9,14H,1,3-4,7-8,16H2. The van der Waals surface area contributed by atoms with Gasteiger partial charge in [-0.3, -0.25) is 5.09 Å². The molecule has 0 aromatic heterocycles. The maximum atomic E-state index is 13.5. The van der Waals surface area contributed by atoms with Gasteiger partial charge in [0, 0.05) is 12.1 Å². The Bertz CT molecular complexity index is 355. The van der Waals surface area contributed by atoms with Crippen LogP contribution in [0.15, 0.2) is 18.2 Å². The van der Waals surface area contributed by atoms with Gasteiger partial charge in [0.1, 0.15) is 11.6 Å². The molecule has 88 valence electrons. The molecule has 0 saturated heterocycles. The SMILES string of the molecule is Fc1cccc(OCC2CCC2)c1CNP. The van der Waals surface area contributed by atoms with Crippen LogP contribution < -0.4 is 9.82 Å². The van der Waals surface area contributed by atoms with E-state index >= 15 is 0 Å². The first-order valence-electron chi connectivity index (χ1n) is 5.65. The third kappa shape index (κ3) is 2.72. The third-order valence-corrected chi connectivity index (χ3v) is 3.26. The highest BCUT2D eigenvalue weighted by molar-refractivity contribution is 7.13. The second-order valence-corrected chi connectivity index (χ2v) is 4.61. The fourth-order valence-electron chi connectivity index (χ4n) is 1.81. The van der Waals surface area contributed by atoms with Gasteiger partial charge < -0.3 is 4.74 Å². The molecule has 0 radical (unpaired) electrons. The first-order valence-corrected chi connectivity index (χ1v) is 6.22. The van der Waals surface area contributed by atoms with E-state index in [4.69, 9.17) is 4.74 Å². The lowest BCUT2D eigenvalue weighted by atomic mass is 9.86. The van der Waals surface area contributed by atoms with Crippen molar-refractivity contribution in [2.45, 2.75) is 25.8 Å². The molecule has 4 heteroatoms. The van der Waals surface area contributed by atoms with E-state index in [-0.39, 0.29) is 5.82 Å². The highest BCUT2D eigenvalue weighted by Crippen LogP contribution is 2.28. The summed E-state index contributed by atoms with van der Waals surface area (Å²) in [4.78, 5) is 0. The van der Waals surface area contributed by atoms with Gasteiger partial charge in [-0.2, -0.15) is 0 Å². The lowest BCUT2D eigenvalue weighted by molar-refractivity contribution is 0.179. The second kappa shape index (κ2) is 5.60. The Morgan fingerprint density at radius 2 is 2.25 bits per heavy atom. The fraction of sp³-hybridized carbons (Fsp3) is 0.500. The van der Waals surface area contributed by atoms with E-state index in [0.717, 1.165) is 0 Å². The molecule has 0 heterocycles. The molecular weight excluding hydrogens is 224 g/mol. The number of halogens is 1. The third-order valence-electron chi connectivity index (χ3n) is 3.05. The van der Waals surface area contributed by atoms with Crippen LogP contribution in [0.3, 0.4) is 0 Å². The maximum absolute atomic E-state index is 13.5. The van der Waals surface area contributed by atoms with Crippen LogP contribution in [0, 0.1) is 11.7 Å². The van der Waals surface area contributed by atoms with Gasteiger partial charge in [0.2, 0.25) is 0 Å². The van der Waals surface area contributed by atoms with E-state index < -0.39 is 0 Å². The molecule has 1 fully saturated rings. The van der Waals surface area contributed by atoms with Crippen LogP contribution >= 0.6 is 9.39 Å². The molecule has 1 unspecified atom stereocenters. The lowest BCUT2D eigenvalue weighted by Gasteiger charge is -2.25. The van der Waals surface area contributed by atoms with E-state index in [1.807, 2.05) is 6.07 Å². The zero-order valence-electron chi connectivity index (χ0n) is 9.21. The van der Waals surface area contributed by atoms with E-state index in [2.05, 4.69) is 14.5 Å². The Morgan fingerprint density at radius 1 is 1.44 bits per heavy atom. The molecule has 1 aliphatic carbocycles. The highest BCUT2D eigenvalue weighted by atomic mass is 31.0. The summed E-state index contributed by atoms with van der Waals surface area (Å²) >= 11 is 0. The molecule has 0 amide bonds. The molecule has 2 nitrogen and oxygen atoms in total. The minimum Gasteiger partial charge on any atom is -0.493 e. The largest absolute Gasteiger partial charge is 0.493 e. The van der Waals surface area contributed by atoms with Crippen LogP contribution in [0.4, 0.5) is 4.39 Å². The molecule has 0 aliphatic heterocycles. The van der Waals surface area contributed by atoms with E-state index in [0.29, 0.717) is 30.4 Å². The van der Waals surface area contributed by atoms with Crippen molar-refractivity contribution in [3.05, 3.63) is 29.6 Å². The molecule has 1 aromatic carbocycles. The first-order chi connectivity index (χ1) is 7.81. The van der Waals surface area contributed by atoms with Crippen LogP contribution in [0.1, 0.15) is 24.8 Å². The average molecular weight is 241 g/mol. The quantitative estimate of drug-likeness (QED) is 0.800. The van der Waals surface area contributed by atoms with E-state index in [1.165, 1.54) is 25.3 Å². The topological polar surface area (TPSA) is 21.3 Å². The van der Waals surface area contributed by atoms with Gasteiger partial charge in [-0.15, -0.1) is 0 Å². The number of hydrogen-bond acceptors (Lipinski definition) is 2. The minimum atomic E-state index is -0.207. The molecule has 1 N–H and O–H groups in total. The molecule has 0 spiro atoms. The maximum Gasteiger partial charge on any atom is 0.131 e. The van der Waals surface area contributed by atoms with Crippen molar-refractivity contribution < 1.29 is 9.13 Å². The highest BCUT2D eigenvalue weighted by Gasteiger charge is 2.19. The summed E-state index contributed by atoms with van der Waals surface area (Å²) in [5, 5.41) is 2.88. The van der Waals surface area contributed by atoms with Crippen molar-refractivity contribution in [2.24, 2.45) is 5.92 Å². The summed E-state index contributed by atoms with van der Waals surface area (Å²) in [6.07, 6.45) is 3.79. The Morgan fingerprint density at radius 3 is 2.88 bits per heavy atom. The lowest BCUT2D eigenvalue weighted by Crippen LogP contribution is -2.20. The molecule has 1 atom stereocenters. The van der Waals surface area contributed by atoms with E-state index in [9.17, 15) is 4.39 Å². The van der Waals surface area contributed by atoms with Crippen LogP contribution in [0.5, 0.6) is 5.75 Å². The van der Waals surface area contributed by atoms with Gasteiger partial charge in [-0.05, 0) is 30.9 Å². The summed E-state index contributed by atoms with van der Waals surface area (Å²) in [5.74, 6) is 1.13. The summed E-state index contributed by atoms with van der Waals surface area (Å²) in [6.45, 7) is 1.19. The Hall–Kier alpha value is -0.660. The molecule has 1 aromatic rings. The van der Waals surface area contributed by atoms with Gasteiger partial charge in [-0.1, -0.05) is 21.9 Å². The molecule has 0 bridgehead atoms. The number of hydrogen-bond donors (Lipinski definition) is 1. The van der Waals surface area contributed by atoms with Crippen molar-refractivity contribution >= 4 is 9.39 Å². The number of benzene rings is 1.